The van der Waals surface area contributed by atoms with Crippen LogP contribution in [0.15, 0.2) is 18.2 Å². The monoisotopic (exact) mass is 276 g/mol. The molecule has 2 rings (SSSR count). The molecule has 2 heterocycles. The molecular weight excluding hydrogens is 256 g/mol. The number of amides is 2. The fourth-order valence-electron chi connectivity index (χ4n) is 2.12. The predicted molar refractivity (Wildman–Crippen MR) is 76.5 cm³/mol. The second-order valence-electron chi connectivity index (χ2n) is 5.14. The van der Waals surface area contributed by atoms with E-state index >= 15 is 0 Å². The Hall–Kier alpha value is -2.11. The lowest BCUT2D eigenvalue weighted by Crippen LogP contribution is -2.48. The highest BCUT2D eigenvalue weighted by Gasteiger charge is 2.22. The Kier molecular flexibility index (Phi) is 4.55. The number of nitrogens with one attached hydrogen (secondary N) is 1. The summed E-state index contributed by atoms with van der Waals surface area (Å²) in [5, 5.41) is 3.18. The Labute approximate surface area is 118 Å². The summed E-state index contributed by atoms with van der Waals surface area (Å²) in [6.07, 6.45) is 0.827. The zero-order chi connectivity index (χ0) is 14.5. The highest BCUT2D eigenvalue weighted by molar-refractivity contribution is 5.92. The third-order valence-corrected chi connectivity index (χ3v) is 3.16. The van der Waals surface area contributed by atoms with Gasteiger partial charge in [0.1, 0.15) is 11.5 Å². The second kappa shape index (κ2) is 6.36. The van der Waals surface area contributed by atoms with Gasteiger partial charge in [0.15, 0.2) is 0 Å². The van der Waals surface area contributed by atoms with Gasteiger partial charge in [0.25, 0.3) is 5.91 Å². The zero-order valence-electron chi connectivity index (χ0n) is 11.9. The molecule has 6 heteroatoms. The van der Waals surface area contributed by atoms with E-state index in [0.717, 1.165) is 6.41 Å². The van der Waals surface area contributed by atoms with Crippen LogP contribution in [0.1, 0.15) is 24.3 Å². The number of anilines is 1. The van der Waals surface area contributed by atoms with E-state index in [4.69, 9.17) is 0 Å². The van der Waals surface area contributed by atoms with Crippen molar-refractivity contribution >= 4 is 18.1 Å². The van der Waals surface area contributed by atoms with Crippen LogP contribution in [0.5, 0.6) is 0 Å². The second-order valence-corrected chi connectivity index (χ2v) is 5.14. The van der Waals surface area contributed by atoms with E-state index in [0.29, 0.717) is 37.7 Å². The molecule has 1 aromatic heterocycles. The van der Waals surface area contributed by atoms with Gasteiger partial charge in [0.05, 0.1) is 0 Å². The Morgan fingerprint density at radius 3 is 2.60 bits per heavy atom. The van der Waals surface area contributed by atoms with Crippen LogP contribution >= 0.6 is 0 Å². The normalized spacial score (nSPS) is 15.3. The molecule has 1 saturated heterocycles. The van der Waals surface area contributed by atoms with Gasteiger partial charge in [-0.15, -0.1) is 0 Å². The lowest BCUT2D eigenvalue weighted by atomic mass is 10.2. The van der Waals surface area contributed by atoms with Crippen LogP contribution in [0.25, 0.3) is 0 Å². The molecule has 0 saturated carbocycles. The van der Waals surface area contributed by atoms with Gasteiger partial charge in [-0.25, -0.2) is 4.98 Å². The number of piperazine rings is 1. The molecule has 2 amide bonds. The molecule has 1 N–H and O–H groups in total. The van der Waals surface area contributed by atoms with Crippen molar-refractivity contribution in [3.8, 4) is 0 Å². The van der Waals surface area contributed by atoms with E-state index in [-0.39, 0.29) is 11.9 Å². The minimum atomic E-state index is -0.0806. The summed E-state index contributed by atoms with van der Waals surface area (Å²) in [6.45, 7) is 6.32. The molecule has 1 fully saturated rings. The predicted octanol–water partition coefficient (Wildman–Crippen LogP) is 0.816. The number of hydrogen-bond donors (Lipinski definition) is 1. The Bertz CT molecular complexity index is 482. The van der Waals surface area contributed by atoms with E-state index in [1.807, 2.05) is 26.0 Å². The van der Waals surface area contributed by atoms with Crippen LogP contribution < -0.4 is 5.32 Å². The number of carbonyl (C=O) groups is 2. The van der Waals surface area contributed by atoms with Crippen molar-refractivity contribution in [3.05, 3.63) is 23.9 Å². The van der Waals surface area contributed by atoms with Crippen LogP contribution in [-0.2, 0) is 4.79 Å². The lowest BCUT2D eigenvalue weighted by Gasteiger charge is -2.32. The first-order chi connectivity index (χ1) is 9.60. The number of carbonyl (C=O) groups excluding carboxylic acids is 2. The maximum atomic E-state index is 12.4. The quantitative estimate of drug-likeness (QED) is 0.827. The van der Waals surface area contributed by atoms with Gasteiger partial charge in [-0.3, -0.25) is 9.59 Å². The van der Waals surface area contributed by atoms with Gasteiger partial charge in [-0.1, -0.05) is 6.07 Å². The van der Waals surface area contributed by atoms with Gasteiger partial charge >= 0.3 is 0 Å². The fourth-order valence-corrected chi connectivity index (χ4v) is 2.12. The molecule has 1 aromatic rings. The highest BCUT2D eigenvalue weighted by atomic mass is 16.2. The Morgan fingerprint density at radius 2 is 2.00 bits per heavy atom. The first-order valence-corrected chi connectivity index (χ1v) is 6.82. The summed E-state index contributed by atoms with van der Waals surface area (Å²) < 4.78 is 0. The first-order valence-electron chi connectivity index (χ1n) is 6.82. The van der Waals surface area contributed by atoms with Crippen LogP contribution in [0.4, 0.5) is 5.82 Å². The molecule has 108 valence electrons. The first kappa shape index (κ1) is 14.3. The summed E-state index contributed by atoms with van der Waals surface area (Å²) in [4.78, 5) is 30.8. The molecular formula is C14H20N4O2. The van der Waals surface area contributed by atoms with E-state index < -0.39 is 0 Å². The van der Waals surface area contributed by atoms with E-state index in [1.165, 1.54) is 0 Å². The molecule has 0 unspecified atom stereocenters. The van der Waals surface area contributed by atoms with Crippen molar-refractivity contribution in [1.29, 1.82) is 0 Å². The van der Waals surface area contributed by atoms with Crippen molar-refractivity contribution in [2.24, 2.45) is 0 Å². The molecule has 1 aliphatic heterocycles. The molecule has 6 nitrogen and oxygen atoms in total. The van der Waals surface area contributed by atoms with Gasteiger partial charge in [-0.2, -0.15) is 0 Å². The molecule has 20 heavy (non-hydrogen) atoms. The third-order valence-electron chi connectivity index (χ3n) is 3.16. The number of nitrogens with zero attached hydrogens (tertiary/aromatic N) is 3. The van der Waals surface area contributed by atoms with Crippen LogP contribution in [-0.4, -0.2) is 59.3 Å². The number of hydrogen-bond acceptors (Lipinski definition) is 4. The molecule has 1 aliphatic rings. The van der Waals surface area contributed by atoms with Gasteiger partial charge < -0.3 is 15.1 Å². The molecule has 0 aromatic carbocycles. The van der Waals surface area contributed by atoms with E-state index in [1.54, 1.807) is 15.9 Å². The highest BCUT2D eigenvalue weighted by Crippen LogP contribution is 2.10. The summed E-state index contributed by atoms with van der Waals surface area (Å²) in [7, 11) is 0. The molecule has 0 radical (unpaired) electrons. The number of aromatic nitrogens is 1. The number of pyridine rings is 1. The summed E-state index contributed by atoms with van der Waals surface area (Å²) >= 11 is 0. The minimum Gasteiger partial charge on any atom is -0.368 e. The summed E-state index contributed by atoms with van der Waals surface area (Å²) in [5.74, 6) is 0.625. The summed E-state index contributed by atoms with van der Waals surface area (Å²) in [6, 6.07) is 5.66. The Balaban J connectivity index is 2.04. The largest absolute Gasteiger partial charge is 0.368 e. The lowest BCUT2D eigenvalue weighted by molar-refractivity contribution is -0.119. The SMILES string of the molecule is CC(C)Nc1cccc(C(=O)N2CCN(C=O)CC2)n1. The molecule has 0 spiro atoms. The average Bonchev–Trinajstić information content (AvgIpc) is 2.46. The van der Waals surface area contributed by atoms with Crippen LogP contribution in [0.3, 0.4) is 0 Å². The summed E-state index contributed by atoms with van der Waals surface area (Å²) in [5.41, 5.74) is 0.440. The van der Waals surface area contributed by atoms with E-state index in [2.05, 4.69) is 10.3 Å². The van der Waals surface area contributed by atoms with E-state index in [9.17, 15) is 9.59 Å². The molecule has 0 bridgehead atoms. The minimum absolute atomic E-state index is 0.0806. The van der Waals surface area contributed by atoms with Crippen molar-refractivity contribution < 1.29 is 9.59 Å². The Morgan fingerprint density at radius 1 is 1.30 bits per heavy atom. The van der Waals surface area contributed by atoms with Gasteiger partial charge in [-0.05, 0) is 26.0 Å². The van der Waals surface area contributed by atoms with Crippen molar-refractivity contribution in [3.63, 3.8) is 0 Å². The molecule has 0 aliphatic carbocycles. The van der Waals surface area contributed by atoms with Crippen molar-refractivity contribution in [2.75, 3.05) is 31.5 Å². The van der Waals surface area contributed by atoms with Crippen molar-refractivity contribution in [2.45, 2.75) is 19.9 Å². The fraction of sp³-hybridized carbons (Fsp3) is 0.500. The maximum absolute atomic E-state index is 12.4. The number of rotatable bonds is 4. The standard InChI is InChI=1S/C14H20N4O2/c1-11(2)15-13-5-3-4-12(16-13)14(20)18-8-6-17(10-19)7-9-18/h3-5,10-11H,6-9H2,1-2H3,(H,15,16). The van der Waals surface area contributed by atoms with Crippen LogP contribution in [0.2, 0.25) is 0 Å². The maximum Gasteiger partial charge on any atom is 0.272 e. The van der Waals surface area contributed by atoms with Crippen LogP contribution in [0, 0.1) is 0 Å². The molecule has 0 atom stereocenters. The van der Waals surface area contributed by atoms with Gasteiger partial charge in [0.2, 0.25) is 6.41 Å². The average molecular weight is 276 g/mol. The van der Waals surface area contributed by atoms with Crippen molar-refractivity contribution in [1.82, 2.24) is 14.8 Å². The van der Waals surface area contributed by atoms with Gasteiger partial charge in [0, 0.05) is 32.2 Å². The topological polar surface area (TPSA) is 65.5 Å². The smallest absolute Gasteiger partial charge is 0.272 e. The third kappa shape index (κ3) is 3.46. The zero-order valence-corrected chi connectivity index (χ0v) is 11.9.